The van der Waals surface area contributed by atoms with E-state index in [1.54, 1.807) is 0 Å². The summed E-state index contributed by atoms with van der Waals surface area (Å²) < 4.78 is 2.25. The third-order valence-electron chi connectivity index (χ3n) is 7.74. The lowest BCUT2D eigenvalue weighted by atomic mass is 9.99. The number of nitrogens with one attached hydrogen (secondary N) is 1. The topological polar surface area (TPSA) is 55.6 Å². The van der Waals surface area contributed by atoms with Crippen LogP contribution < -0.4 is 5.32 Å². The molecule has 194 valence electrons. The van der Waals surface area contributed by atoms with E-state index in [-0.39, 0.29) is 0 Å². The highest BCUT2D eigenvalue weighted by molar-refractivity contribution is 5.94. The van der Waals surface area contributed by atoms with E-state index >= 15 is 0 Å². The molecule has 1 aliphatic heterocycles. The van der Waals surface area contributed by atoms with Crippen LogP contribution in [0.25, 0.3) is 67.5 Å². The molecule has 41 heavy (non-hydrogen) atoms. The second-order valence-corrected chi connectivity index (χ2v) is 10.2. The molecular formula is C36H25N5. The van der Waals surface area contributed by atoms with E-state index in [0.717, 1.165) is 68.2 Å². The minimum absolute atomic E-state index is 0.802. The maximum atomic E-state index is 5.12. The van der Waals surface area contributed by atoms with Crippen LogP contribution in [0.4, 0.5) is 0 Å². The Morgan fingerprint density at radius 1 is 0.659 bits per heavy atom. The van der Waals surface area contributed by atoms with E-state index in [1.807, 2.05) is 30.6 Å². The number of nitrogens with zero attached hydrogens (tertiary/aromatic N) is 4. The lowest BCUT2D eigenvalue weighted by molar-refractivity contribution is 0.852. The van der Waals surface area contributed by atoms with Gasteiger partial charge in [-0.1, -0.05) is 72.8 Å². The van der Waals surface area contributed by atoms with Crippen molar-refractivity contribution in [2.24, 2.45) is 0 Å². The lowest BCUT2D eigenvalue weighted by Crippen LogP contribution is -2.11. The van der Waals surface area contributed by atoms with Crippen LogP contribution in [0.2, 0.25) is 0 Å². The summed E-state index contributed by atoms with van der Waals surface area (Å²) in [5.74, 6) is 0.879. The number of para-hydroxylation sites is 2. The summed E-state index contributed by atoms with van der Waals surface area (Å²) in [7, 11) is 0. The van der Waals surface area contributed by atoms with Crippen LogP contribution in [0, 0.1) is 0 Å². The Bertz CT molecular complexity index is 2120. The van der Waals surface area contributed by atoms with Crippen LogP contribution in [0.3, 0.4) is 0 Å². The number of benzene rings is 3. The summed E-state index contributed by atoms with van der Waals surface area (Å²) in [4.78, 5) is 14.8. The molecule has 8 rings (SSSR count). The highest BCUT2D eigenvalue weighted by Crippen LogP contribution is 2.33. The fourth-order valence-electron chi connectivity index (χ4n) is 5.84. The average Bonchev–Trinajstić information content (AvgIpc) is 3.39. The van der Waals surface area contributed by atoms with Crippen LogP contribution in [-0.2, 0) is 6.54 Å². The number of rotatable bonds is 4. The van der Waals surface area contributed by atoms with Crippen LogP contribution >= 0.6 is 0 Å². The van der Waals surface area contributed by atoms with E-state index in [4.69, 9.17) is 9.97 Å². The number of aromatic nitrogens is 4. The molecule has 0 spiro atoms. The Kier molecular flexibility index (Phi) is 5.45. The first-order chi connectivity index (χ1) is 20.3. The Balaban J connectivity index is 1.20. The summed E-state index contributed by atoms with van der Waals surface area (Å²) >= 11 is 0. The van der Waals surface area contributed by atoms with Crippen LogP contribution in [-0.4, -0.2) is 19.5 Å². The monoisotopic (exact) mass is 527 g/mol. The van der Waals surface area contributed by atoms with E-state index in [0.29, 0.717) is 0 Å². The minimum Gasteiger partial charge on any atom is -0.387 e. The highest BCUT2D eigenvalue weighted by Gasteiger charge is 2.19. The first kappa shape index (κ1) is 23.3. The molecule has 0 unspecified atom stereocenters. The fourth-order valence-corrected chi connectivity index (χ4v) is 5.84. The first-order valence-corrected chi connectivity index (χ1v) is 13.8. The predicted octanol–water partition coefficient (Wildman–Crippen LogP) is 8.04. The van der Waals surface area contributed by atoms with E-state index < -0.39 is 0 Å². The van der Waals surface area contributed by atoms with Crippen LogP contribution in [0.1, 0.15) is 11.3 Å². The molecule has 0 saturated carbocycles. The Hall–Kier alpha value is -5.55. The third-order valence-corrected chi connectivity index (χ3v) is 7.74. The van der Waals surface area contributed by atoms with Crippen molar-refractivity contribution in [2.75, 3.05) is 0 Å². The van der Waals surface area contributed by atoms with Gasteiger partial charge < -0.3 is 5.32 Å². The van der Waals surface area contributed by atoms with E-state index in [9.17, 15) is 0 Å². The maximum Gasteiger partial charge on any atom is 0.138 e. The van der Waals surface area contributed by atoms with Crippen LogP contribution in [0.5, 0.6) is 0 Å². The van der Waals surface area contributed by atoms with Gasteiger partial charge >= 0.3 is 0 Å². The van der Waals surface area contributed by atoms with E-state index in [1.165, 1.54) is 10.9 Å². The lowest BCUT2D eigenvalue weighted by Gasteiger charge is -2.13. The number of pyridine rings is 3. The zero-order valence-corrected chi connectivity index (χ0v) is 22.2. The zero-order valence-electron chi connectivity index (χ0n) is 22.2. The number of hydrogen-bond acceptors (Lipinski definition) is 4. The second-order valence-electron chi connectivity index (χ2n) is 10.2. The minimum atomic E-state index is 0.802. The standard InChI is InChI=1S/C36H25N5/c1-2-17-33-28(12-1)29-23-37-21-19-34(29)41(33)35-18-6-16-32(40-35)31-15-5-14-30(39-31)26-10-3-9-25(22-26)27-13-4-8-24-11-7-20-38-36(24)27/h1-22,37H,23H2. The summed E-state index contributed by atoms with van der Waals surface area (Å²) in [6.45, 7) is 0.802. The van der Waals surface area contributed by atoms with Gasteiger partial charge in [-0.15, -0.1) is 0 Å². The van der Waals surface area contributed by atoms with Gasteiger partial charge in [0.1, 0.15) is 5.82 Å². The predicted molar refractivity (Wildman–Crippen MR) is 166 cm³/mol. The molecule has 7 aromatic rings. The Morgan fingerprint density at radius 3 is 2.41 bits per heavy atom. The molecule has 1 aliphatic rings. The smallest absolute Gasteiger partial charge is 0.138 e. The van der Waals surface area contributed by atoms with Gasteiger partial charge in [0.25, 0.3) is 0 Å². The molecule has 0 aliphatic carbocycles. The summed E-state index contributed by atoms with van der Waals surface area (Å²) in [5.41, 5.74) is 10.5. The third kappa shape index (κ3) is 3.98. The first-order valence-electron chi connectivity index (χ1n) is 13.8. The van der Waals surface area contributed by atoms with Crippen molar-refractivity contribution in [1.82, 2.24) is 24.8 Å². The summed E-state index contributed by atoms with van der Waals surface area (Å²) in [5, 5.41) is 5.73. The molecule has 0 saturated heterocycles. The van der Waals surface area contributed by atoms with Crippen molar-refractivity contribution < 1.29 is 0 Å². The van der Waals surface area contributed by atoms with Crippen molar-refractivity contribution >= 4 is 27.9 Å². The molecule has 0 fully saturated rings. The molecule has 0 amide bonds. The molecule has 4 aromatic heterocycles. The van der Waals surface area contributed by atoms with Crippen LogP contribution in [0.15, 0.2) is 128 Å². The highest BCUT2D eigenvalue weighted by atomic mass is 15.1. The van der Waals surface area contributed by atoms with Crippen molar-refractivity contribution in [3.63, 3.8) is 0 Å². The maximum absolute atomic E-state index is 5.12. The average molecular weight is 528 g/mol. The SMILES string of the molecule is C1=Cc2c(c3ccccc3n2-c2cccc(-c3cccc(-c4cccc(-c5cccc6cccnc56)c4)n3)n2)CN1. The summed E-state index contributed by atoms with van der Waals surface area (Å²) in [6, 6.07) is 39.7. The second kappa shape index (κ2) is 9.57. The molecular weight excluding hydrogens is 502 g/mol. The Labute approximate surface area is 237 Å². The van der Waals surface area contributed by atoms with E-state index in [2.05, 4.69) is 118 Å². The normalized spacial score (nSPS) is 12.4. The van der Waals surface area contributed by atoms with Crippen molar-refractivity contribution in [3.05, 3.63) is 139 Å². The Morgan fingerprint density at radius 2 is 1.44 bits per heavy atom. The summed E-state index contributed by atoms with van der Waals surface area (Å²) in [6.07, 6.45) is 5.99. The fraction of sp³-hybridized carbons (Fsp3) is 0.0278. The largest absolute Gasteiger partial charge is 0.387 e. The van der Waals surface area contributed by atoms with Gasteiger partial charge in [-0.3, -0.25) is 9.55 Å². The van der Waals surface area contributed by atoms with Gasteiger partial charge in [-0.2, -0.15) is 0 Å². The van der Waals surface area contributed by atoms with Crippen molar-refractivity contribution in [1.29, 1.82) is 0 Å². The molecule has 5 heteroatoms. The molecule has 0 bridgehead atoms. The molecule has 0 radical (unpaired) electrons. The molecule has 0 atom stereocenters. The van der Waals surface area contributed by atoms with Gasteiger partial charge in [0.2, 0.25) is 0 Å². The van der Waals surface area contributed by atoms with Gasteiger partial charge in [0.15, 0.2) is 0 Å². The van der Waals surface area contributed by atoms with Gasteiger partial charge in [0, 0.05) is 40.2 Å². The van der Waals surface area contributed by atoms with Gasteiger partial charge in [-0.25, -0.2) is 9.97 Å². The molecule has 5 heterocycles. The van der Waals surface area contributed by atoms with Gasteiger partial charge in [-0.05, 0) is 60.3 Å². The molecule has 5 nitrogen and oxygen atoms in total. The van der Waals surface area contributed by atoms with Crippen molar-refractivity contribution in [2.45, 2.75) is 6.54 Å². The molecule has 1 N–H and O–H groups in total. The number of hydrogen-bond donors (Lipinski definition) is 1. The quantitative estimate of drug-likeness (QED) is 0.252. The number of fused-ring (bicyclic) bond motifs is 4. The van der Waals surface area contributed by atoms with Crippen molar-refractivity contribution in [3.8, 4) is 39.6 Å². The molecule has 3 aromatic carbocycles. The van der Waals surface area contributed by atoms with Gasteiger partial charge in [0.05, 0.1) is 33.8 Å². The zero-order chi connectivity index (χ0) is 27.2.